The number of esters is 1. The summed E-state index contributed by atoms with van der Waals surface area (Å²) in [4.78, 5) is 25.7. The molecule has 0 radical (unpaired) electrons. The van der Waals surface area contributed by atoms with Gasteiger partial charge in [0.1, 0.15) is 4.88 Å². The number of fused-ring (bicyclic) bond motifs is 1. The Hall–Kier alpha value is -2.14. The Bertz CT molecular complexity index is 779. The van der Waals surface area contributed by atoms with E-state index >= 15 is 0 Å². The molecule has 0 aliphatic heterocycles. The van der Waals surface area contributed by atoms with Crippen molar-refractivity contribution in [3.05, 3.63) is 50.7 Å². The van der Waals surface area contributed by atoms with Gasteiger partial charge in [-0.3, -0.25) is 4.79 Å². The molecule has 1 amide bonds. The van der Waals surface area contributed by atoms with Crippen molar-refractivity contribution < 1.29 is 14.3 Å². The van der Waals surface area contributed by atoms with Gasteiger partial charge in [-0.2, -0.15) is 0 Å². The molecule has 4 nitrogen and oxygen atoms in total. The number of carbonyl (C=O) groups is 2. The summed E-state index contributed by atoms with van der Waals surface area (Å²) >= 11 is 1.41. The van der Waals surface area contributed by atoms with Crippen LogP contribution in [0.25, 0.3) is 0 Å². The van der Waals surface area contributed by atoms with Crippen molar-refractivity contribution in [1.82, 2.24) is 0 Å². The molecule has 0 fully saturated rings. The van der Waals surface area contributed by atoms with Crippen LogP contribution in [0.1, 0.15) is 44.6 Å². The Morgan fingerprint density at radius 3 is 2.75 bits per heavy atom. The van der Waals surface area contributed by atoms with Crippen LogP contribution in [0.4, 0.5) is 5.69 Å². The monoisotopic (exact) mass is 343 g/mol. The van der Waals surface area contributed by atoms with Crippen molar-refractivity contribution in [2.75, 3.05) is 11.9 Å². The van der Waals surface area contributed by atoms with Gasteiger partial charge in [0, 0.05) is 10.6 Å². The number of benzene rings is 1. The van der Waals surface area contributed by atoms with Gasteiger partial charge in [0.2, 0.25) is 0 Å². The van der Waals surface area contributed by atoms with E-state index in [2.05, 4.69) is 11.4 Å². The van der Waals surface area contributed by atoms with E-state index in [4.69, 9.17) is 4.74 Å². The fraction of sp³-hybridized carbons (Fsp3) is 0.368. The van der Waals surface area contributed by atoms with Crippen molar-refractivity contribution in [2.45, 2.75) is 39.5 Å². The van der Waals surface area contributed by atoms with Crippen LogP contribution in [0.3, 0.4) is 0 Å². The highest BCUT2D eigenvalue weighted by atomic mass is 32.1. The molecule has 126 valence electrons. The summed E-state index contributed by atoms with van der Waals surface area (Å²) in [6.45, 7) is 3.77. The smallest absolute Gasteiger partial charge is 0.348 e. The maximum absolute atomic E-state index is 12.0. The largest absolute Gasteiger partial charge is 0.451 e. The normalized spacial score (nSPS) is 12.8. The van der Waals surface area contributed by atoms with E-state index in [1.54, 1.807) is 0 Å². The quantitative estimate of drug-likeness (QED) is 0.838. The van der Waals surface area contributed by atoms with Gasteiger partial charge in [-0.15, -0.1) is 11.3 Å². The van der Waals surface area contributed by atoms with Gasteiger partial charge in [0.15, 0.2) is 6.61 Å². The van der Waals surface area contributed by atoms with Crippen molar-refractivity contribution in [3.63, 3.8) is 0 Å². The predicted molar refractivity (Wildman–Crippen MR) is 95.8 cm³/mol. The molecule has 0 atom stereocenters. The summed E-state index contributed by atoms with van der Waals surface area (Å²) in [7, 11) is 0. The summed E-state index contributed by atoms with van der Waals surface area (Å²) in [6, 6.07) is 7.82. The molecule has 1 N–H and O–H groups in total. The summed E-state index contributed by atoms with van der Waals surface area (Å²) < 4.78 is 5.13. The van der Waals surface area contributed by atoms with E-state index in [1.165, 1.54) is 28.9 Å². The number of hydrogen-bond acceptors (Lipinski definition) is 4. The molecule has 5 heteroatoms. The minimum absolute atomic E-state index is 0.270. The number of ether oxygens (including phenoxy) is 1. The molecule has 0 spiro atoms. The topological polar surface area (TPSA) is 55.4 Å². The lowest BCUT2D eigenvalue weighted by Crippen LogP contribution is -2.20. The summed E-state index contributed by atoms with van der Waals surface area (Å²) in [5.74, 6) is -0.753. The zero-order valence-corrected chi connectivity index (χ0v) is 14.8. The van der Waals surface area contributed by atoms with E-state index in [9.17, 15) is 9.59 Å². The van der Waals surface area contributed by atoms with Gasteiger partial charge in [-0.1, -0.05) is 13.0 Å². The second-order valence-corrected chi connectivity index (χ2v) is 7.26. The first kappa shape index (κ1) is 16.7. The molecule has 1 heterocycles. The van der Waals surface area contributed by atoms with Crippen molar-refractivity contribution in [1.29, 1.82) is 0 Å². The number of thiophene rings is 1. The minimum Gasteiger partial charge on any atom is -0.451 e. The molecule has 1 aromatic carbocycles. The Labute approximate surface area is 145 Å². The lowest BCUT2D eigenvalue weighted by atomic mass is 10.1. The van der Waals surface area contributed by atoms with Crippen molar-refractivity contribution in [2.24, 2.45) is 0 Å². The molecular weight excluding hydrogens is 322 g/mol. The number of aryl methyl sites for hydroxylation is 4. The molecule has 24 heavy (non-hydrogen) atoms. The fourth-order valence-corrected chi connectivity index (χ4v) is 4.03. The standard InChI is InChI=1S/C19H21NO3S/c1-3-13-10-17(24-12(13)2)19(22)23-11-18(21)20-16-8-7-14-5-4-6-15(14)9-16/h7-10H,3-6,11H2,1-2H3,(H,20,21). The summed E-state index contributed by atoms with van der Waals surface area (Å²) in [6.07, 6.45) is 4.23. The third kappa shape index (κ3) is 3.67. The molecular formula is C19H21NO3S. The van der Waals surface area contributed by atoms with Crippen molar-refractivity contribution in [3.8, 4) is 0 Å². The highest BCUT2D eigenvalue weighted by Gasteiger charge is 2.15. The number of anilines is 1. The lowest BCUT2D eigenvalue weighted by molar-refractivity contribution is -0.119. The van der Waals surface area contributed by atoms with Gasteiger partial charge in [0.25, 0.3) is 5.91 Å². The number of carbonyl (C=O) groups excluding carboxylic acids is 2. The maximum Gasteiger partial charge on any atom is 0.348 e. The number of amides is 1. The highest BCUT2D eigenvalue weighted by Crippen LogP contribution is 2.25. The number of nitrogens with one attached hydrogen (secondary N) is 1. The maximum atomic E-state index is 12.0. The Kier molecular flexibility index (Phi) is 5.00. The van der Waals surface area contributed by atoms with Crippen LogP contribution in [-0.2, 0) is 28.8 Å². The van der Waals surface area contributed by atoms with Crippen LogP contribution in [-0.4, -0.2) is 18.5 Å². The first-order valence-electron chi connectivity index (χ1n) is 8.25. The first-order chi connectivity index (χ1) is 11.6. The predicted octanol–water partition coefficient (Wildman–Crippen LogP) is 3.90. The SMILES string of the molecule is CCc1cc(C(=O)OCC(=O)Nc2ccc3c(c2)CCC3)sc1C. The molecule has 3 rings (SSSR count). The van der Waals surface area contributed by atoms with E-state index in [1.807, 2.05) is 32.0 Å². The molecule has 1 aromatic heterocycles. The Balaban J connectivity index is 1.54. The second kappa shape index (κ2) is 7.18. The van der Waals surface area contributed by atoms with Gasteiger partial charge < -0.3 is 10.1 Å². The molecule has 0 bridgehead atoms. The van der Waals surface area contributed by atoms with Crippen LogP contribution in [0.5, 0.6) is 0 Å². The van der Waals surface area contributed by atoms with Gasteiger partial charge >= 0.3 is 5.97 Å². The van der Waals surface area contributed by atoms with Crippen LogP contribution in [0.15, 0.2) is 24.3 Å². The molecule has 2 aromatic rings. The van der Waals surface area contributed by atoms with E-state index in [0.29, 0.717) is 4.88 Å². The second-order valence-electron chi connectivity index (χ2n) is 6.01. The van der Waals surface area contributed by atoms with Gasteiger partial charge in [-0.05, 0) is 67.5 Å². The summed E-state index contributed by atoms with van der Waals surface area (Å²) in [5, 5.41) is 2.79. The third-order valence-electron chi connectivity index (χ3n) is 4.32. The third-order valence-corrected chi connectivity index (χ3v) is 5.39. The van der Waals surface area contributed by atoms with Crippen LogP contribution in [0.2, 0.25) is 0 Å². The van der Waals surface area contributed by atoms with Crippen LogP contribution in [0, 0.1) is 6.92 Å². The van der Waals surface area contributed by atoms with Crippen LogP contribution < -0.4 is 5.32 Å². The molecule has 0 saturated carbocycles. The summed E-state index contributed by atoms with van der Waals surface area (Å²) in [5.41, 5.74) is 4.57. The van der Waals surface area contributed by atoms with Crippen LogP contribution >= 0.6 is 11.3 Å². The van der Waals surface area contributed by atoms with Gasteiger partial charge in [0.05, 0.1) is 0 Å². The number of hydrogen-bond donors (Lipinski definition) is 1. The van der Waals surface area contributed by atoms with Crippen molar-refractivity contribution >= 4 is 28.9 Å². The number of rotatable bonds is 5. The Morgan fingerprint density at radius 2 is 2.00 bits per heavy atom. The molecule has 1 aliphatic rings. The van der Waals surface area contributed by atoms with E-state index < -0.39 is 5.97 Å². The average molecular weight is 343 g/mol. The molecule has 0 unspecified atom stereocenters. The minimum atomic E-state index is -0.438. The van der Waals surface area contributed by atoms with E-state index in [-0.39, 0.29) is 12.5 Å². The molecule has 0 saturated heterocycles. The van der Waals surface area contributed by atoms with E-state index in [0.717, 1.165) is 35.4 Å². The molecule has 1 aliphatic carbocycles. The lowest BCUT2D eigenvalue weighted by Gasteiger charge is -2.08. The fourth-order valence-electron chi connectivity index (χ4n) is 3.02. The highest BCUT2D eigenvalue weighted by molar-refractivity contribution is 7.14. The zero-order chi connectivity index (χ0) is 17.1. The average Bonchev–Trinajstić information content (AvgIpc) is 3.18. The first-order valence-corrected chi connectivity index (χ1v) is 9.06. The van der Waals surface area contributed by atoms with Gasteiger partial charge in [-0.25, -0.2) is 4.79 Å². The Morgan fingerprint density at radius 1 is 1.21 bits per heavy atom. The zero-order valence-electron chi connectivity index (χ0n) is 14.0.